The molecule has 0 bridgehead atoms. The summed E-state index contributed by atoms with van der Waals surface area (Å²) in [6.07, 6.45) is 3.31. The number of carbonyl (C=O) groups is 1. The van der Waals surface area contributed by atoms with Crippen molar-refractivity contribution in [3.8, 4) is 5.69 Å². The van der Waals surface area contributed by atoms with Gasteiger partial charge in [0.05, 0.1) is 11.1 Å². The maximum absolute atomic E-state index is 12.9. The molecule has 27 heavy (non-hydrogen) atoms. The Kier molecular flexibility index (Phi) is 4.06. The predicted molar refractivity (Wildman–Crippen MR) is 104 cm³/mol. The largest absolute Gasteiger partial charge is 0.325 e. The summed E-state index contributed by atoms with van der Waals surface area (Å²) in [4.78, 5) is 12.9. The summed E-state index contributed by atoms with van der Waals surface area (Å²) in [5.74, 6) is 0.0566. The topological polar surface area (TPSA) is 72.7 Å². The predicted octanol–water partition coefficient (Wildman–Crippen LogP) is 3.63. The van der Waals surface area contributed by atoms with Crippen LogP contribution in [-0.4, -0.2) is 26.1 Å². The number of aromatic nitrogens is 4. The average Bonchev–Trinajstić information content (AvgIpc) is 3.29. The first-order valence-corrected chi connectivity index (χ1v) is 9.14. The molecule has 2 aromatic carbocycles. The second kappa shape index (κ2) is 6.30. The zero-order chi connectivity index (χ0) is 19.1. The third-order valence-electron chi connectivity index (χ3n) is 5.23. The Bertz CT molecular complexity index is 934. The molecule has 138 valence electrons. The Labute approximate surface area is 158 Å². The minimum atomic E-state index is -0.398. The molecule has 0 spiro atoms. The summed E-state index contributed by atoms with van der Waals surface area (Å²) in [5.41, 5.74) is 3.70. The van der Waals surface area contributed by atoms with Crippen LogP contribution in [0.1, 0.15) is 44.7 Å². The quantitative estimate of drug-likeness (QED) is 0.770. The lowest BCUT2D eigenvalue weighted by atomic mass is 9.85. The second-order valence-electron chi connectivity index (χ2n) is 8.16. The van der Waals surface area contributed by atoms with Crippen LogP contribution in [0.15, 0.2) is 54.9 Å². The Morgan fingerprint density at radius 2 is 1.70 bits per heavy atom. The van der Waals surface area contributed by atoms with Crippen molar-refractivity contribution in [3.63, 3.8) is 0 Å². The van der Waals surface area contributed by atoms with Crippen molar-refractivity contribution >= 4 is 11.6 Å². The molecule has 1 aromatic heterocycles. The molecule has 0 unspecified atom stereocenters. The van der Waals surface area contributed by atoms with Gasteiger partial charge in [0.1, 0.15) is 6.33 Å². The summed E-state index contributed by atoms with van der Waals surface area (Å²) >= 11 is 0. The molecule has 0 atom stereocenters. The van der Waals surface area contributed by atoms with Gasteiger partial charge in [-0.15, -0.1) is 5.10 Å². The molecule has 1 amide bonds. The normalized spacial score (nSPS) is 15.4. The first-order valence-electron chi connectivity index (χ1n) is 9.14. The molecule has 1 N–H and O–H groups in total. The Morgan fingerprint density at radius 3 is 2.22 bits per heavy atom. The van der Waals surface area contributed by atoms with Crippen molar-refractivity contribution in [3.05, 3.63) is 66.0 Å². The van der Waals surface area contributed by atoms with E-state index in [-0.39, 0.29) is 11.3 Å². The molecule has 1 aliphatic carbocycles. The van der Waals surface area contributed by atoms with Crippen molar-refractivity contribution in [2.24, 2.45) is 0 Å². The van der Waals surface area contributed by atoms with E-state index in [2.05, 4.69) is 65.9 Å². The molecule has 4 rings (SSSR count). The van der Waals surface area contributed by atoms with E-state index < -0.39 is 5.41 Å². The van der Waals surface area contributed by atoms with Gasteiger partial charge in [0.15, 0.2) is 0 Å². The standard InChI is InChI=1S/C21H23N5O/c1-20(2,3)15-4-6-16(7-5-15)21(12-13-21)19(27)23-17-8-10-18(11-9-17)26-14-22-24-25-26/h4-11,14H,12-13H2,1-3H3,(H,23,27). The monoisotopic (exact) mass is 361 g/mol. The molecule has 6 heteroatoms. The zero-order valence-electron chi connectivity index (χ0n) is 15.8. The van der Waals surface area contributed by atoms with Gasteiger partial charge in [-0.2, -0.15) is 0 Å². The fraction of sp³-hybridized carbons (Fsp3) is 0.333. The smallest absolute Gasteiger partial charge is 0.235 e. The lowest BCUT2D eigenvalue weighted by Gasteiger charge is -2.21. The summed E-state index contributed by atoms with van der Waals surface area (Å²) < 4.78 is 1.57. The molecular weight excluding hydrogens is 338 g/mol. The van der Waals surface area contributed by atoms with Gasteiger partial charge in [0.2, 0.25) is 5.91 Å². The van der Waals surface area contributed by atoms with Gasteiger partial charge < -0.3 is 5.32 Å². The van der Waals surface area contributed by atoms with Crippen LogP contribution in [0.4, 0.5) is 5.69 Å². The SMILES string of the molecule is CC(C)(C)c1ccc(C2(C(=O)Nc3ccc(-n4cnnn4)cc3)CC2)cc1. The highest BCUT2D eigenvalue weighted by molar-refractivity contribution is 6.01. The lowest BCUT2D eigenvalue weighted by Crippen LogP contribution is -2.28. The van der Waals surface area contributed by atoms with E-state index in [1.54, 1.807) is 4.68 Å². The first-order chi connectivity index (χ1) is 12.9. The number of carbonyl (C=O) groups excluding carboxylic acids is 1. The molecule has 0 saturated heterocycles. The number of hydrogen-bond acceptors (Lipinski definition) is 4. The second-order valence-corrected chi connectivity index (χ2v) is 8.16. The van der Waals surface area contributed by atoms with Crippen LogP contribution in [0, 0.1) is 0 Å². The van der Waals surface area contributed by atoms with Gasteiger partial charge >= 0.3 is 0 Å². The number of benzene rings is 2. The summed E-state index contributed by atoms with van der Waals surface area (Å²) in [6, 6.07) is 16.0. The van der Waals surface area contributed by atoms with Crippen molar-refractivity contribution in [2.75, 3.05) is 5.32 Å². The fourth-order valence-electron chi connectivity index (χ4n) is 3.29. The highest BCUT2D eigenvalue weighted by atomic mass is 16.2. The molecule has 6 nitrogen and oxygen atoms in total. The van der Waals surface area contributed by atoms with E-state index in [0.29, 0.717) is 0 Å². The first kappa shape index (κ1) is 17.4. The zero-order valence-corrected chi connectivity index (χ0v) is 15.8. The van der Waals surface area contributed by atoms with Crippen molar-refractivity contribution in [1.82, 2.24) is 20.2 Å². The van der Waals surface area contributed by atoms with Crippen LogP contribution in [0.2, 0.25) is 0 Å². The third-order valence-corrected chi connectivity index (χ3v) is 5.23. The van der Waals surface area contributed by atoms with Gasteiger partial charge in [-0.1, -0.05) is 45.0 Å². The van der Waals surface area contributed by atoms with E-state index in [0.717, 1.165) is 29.8 Å². The number of nitrogens with one attached hydrogen (secondary N) is 1. The Hall–Kier alpha value is -3.02. The molecule has 0 aliphatic heterocycles. The summed E-state index contributed by atoms with van der Waals surface area (Å²) in [5, 5.41) is 14.2. The van der Waals surface area contributed by atoms with E-state index in [4.69, 9.17) is 0 Å². The highest BCUT2D eigenvalue weighted by Gasteiger charge is 2.51. The van der Waals surface area contributed by atoms with Crippen LogP contribution in [0.25, 0.3) is 5.69 Å². The molecule has 1 aliphatic rings. The van der Waals surface area contributed by atoms with E-state index in [1.807, 2.05) is 24.3 Å². The number of tetrazole rings is 1. The van der Waals surface area contributed by atoms with Gasteiger partial charge in [-0.05, 0) is 64.1 Å². The van der Waals surface area contributed by atoms with Gasteiger partial charge in [0.25, 0.3) is 0 Å². The van der Waals surface area contributed by atoms with Crippen molar-refractivity contribution in [2.45, 2.75) is 44.4 Å². The van der Waals surface area contributed by atoms with Crippen LogP contribution >= 0.6 is 0 Å². The lowest BCUT2D eigenvalue weighted by molar-refractivity contribution is -0.118. The minimum Gasteiger partial charge on any atom is -0.325 e. The number of nitrogens with zero attached hydrogens (tertiary/aromatic N) is 4. The van der Waals surface area contributed by atoms with Crippen LogP contribution in [0.3, 0.4) is 0 Å². The van der Waals surface area contributed by atoms with Crippen molar-refractivity contribution < 1.29 is 4.79 Å². The fourth-order valence-corrected chi connectivity index (χ4v) is 3.29. The third kappa shape index (κ3) is 3.35. The molecular formula is C21H23N5O. The molecule has 1 fully saturated rings. The average molecular weight is 361 g/mol. The number of rotatable bonds is 4. The molecule has 0 radical (unpaired) electrons. The van der Waals surface area contributed by atoms with Crippen molar-refractivity contribution in [1.29, 1.82) is 0 Å². The van der Waals surface area contributed by atoms with Crippen LogP contribution in [-0.2, 0) is 15.6 Å². The van der Waals surface area contributed by atoms with Crippen LogP contribution in [0.5, 0.6) is 0 Å². The van der Waals surface area contributed by atoms with Gasteiger partial charge in [-0.25, -0.2) is 4.68 Å². The highest BCUT2D eigenvalue weighted by Crippen LogP contribution is 2.49. The maximum Gasteiger partial charge on any atom is 0.235 e. The summed E-state index contributed by atoms with van der Waals surface area (Å²) in [7, 11) is 0. The van der Waals surface area contributed by atoms with E-state index in [9.17, 15) is 4.79 Å². The molecule has 3 aromatic rings. The summed E-state index contributed by atoms with van der Waals surface area (Å²) in [6.45, 7) is 6.59. The number of anilines is 1. The van der Waals surface area contributed by atoms with Gasteiger partial charge in [-0.3, -0.25) is 4.79 Å². The van der Waals surface area contributed by atoms with Gasteiger partial charge in [0, 0.05) is 5.69 Å². The van der Waals surface area contributed by atoms with E-state index in [1.165, 1.54) is 11.9 Å². The minimum absolute atomic E-state index is 0.0566. The Balaban J connectivity index is 1.49. The molecule has 1 heterocycles. The number of amides is 1. The molecule has 1 saturated carbocycles. The van der Waals surface area contributed by atoms with E-state index >= 15 is 0 Å². The number of hydrogen-bond donors (Lipinski definition) is 1. The Morgan fingerprint density at radius 1 is 1.04 bits per heavy atom. The maximum atomic E-state index is 12.9. The van der Waals surface area contributed by atoms with Crippen LogP contribution < -0.4 is 5.32 Å².